The summed E-state index contributed by atoms with van der Waals surface area (Å²) in [6.07, 6.45) is 4.83. The van der Waals surface area contributed by atoms with E-state index in [1.807, 2.05) is 0 Å². The van der Waals surface area contributed by atoms with Crippen molar-refractivity contribution in [1.82, 2.24) is 0 Å². The maximum Gasteiger partial charge on any atom is 0.348 e. The number of unbranched alkanes of at least 4 members (excludes halogenated alkanes) is 3. The number of ether oxygens (including phenoxy) is 2. The predicted molar refractivity (Wildman–Crippen MR) is 78.1 cm³/mol. The van der Waals surface area contributed by atoms with Gasteiger partial charge in [0, 0.05) is 12.7 Å². The van der Waals surface area contributed by atoms with Crippen molar-refractivity contribution < 1.29 is 24.2 Å². The lowest BCUT2D eigenvalue weighted by atomic mass is 10.2. The molecule has 0 saturated carbocycles. The van der Waals surface area contributed by atoms with Crippen LogP contribution in [0.3, 0.4) is 0 Å². The molecular formula is C15H23NO5. The molecule has 0 unspecified atom stereocenters. The molecule has 0 aromatic rings. The van der Waals surface area contributed by atoms with Crippen LogP contribution in [0.4, 0.5) is 0 Å². The molecule has 0 aliphatic heterocycles. The number of aliphatic hydroxyl groups excluding tert-OH is 1. The van der Waals surface area contributed by atoms with Crippen LogP contribution in [-0.4, -0.2) is 36.9 Å². The van der Waals surface area contributed by atoms with Crippen LogP contribution >= 0.6 is 0 Å². The van der Waals surface area contributed by atoms with E-state index in [0.717, 1.165) is 31.8 Å². The van der Waals surface area contributed by atoms with E-state index < -0.39 is 5.97 Å². The summed E-state index contributed by atoms with van der Waals surface area (Å²) in [4.78, 5) is 21.0. The molecule has 0 aromatic heterocycles. The summed E-state index contributed by atoms with van der Waals surface area (Å²) >= 11 is 0. The molecule has 6 nitrogen and oxygen atoms in total. The Labute approximate surface area is 125 Å². The van der Waals surface area contributed by atoms with Crippen LogP contribution in [0.1, 0.15) is 32.6 Å². The lowest BCUT2D eigenvalue weighted by Crippen LogP contribution is -2.04. The first-order valence-electron chi connectivity index (χ1n) is 6.69. The fraction of sp³-hybridized carbons (Fsp3) is 0.533. The van der Waals surface area contributed by atoms with E-state index >= 15 is 0 Å². The maximum atomic E-state index is 10.5. The highest BCUT2D eigenvalue weighted by atomic mass is 16.5. The minimum absolute atomic E-state index is 0.156. The second kappa shape index (κ2) is 15.9. The summed E-state index contributed by atoms with van der Waals surface area (Å²) in [5, 5.41) is 16.5. The van der Waals surface area contributed by atoms with Crippen LogP contribution in [0.15, 0.2) is 24.8 Å². The third kappa shape index (κ3) is 15.8. The molecule has 118 valence electrons. The zero-order chi connectivity index (χ0) is 16.5. The van der Waals surface area contributed by atoms with Gasteiger partial charge in [0.25, 0.3) is 0 Å². The number of nitriles is 1. The van der Waals surface area contributed by atoms with Crippen LogP contribution in [-0.2, 0) is 19.1 Å². The highest BCUT2D eigenvalue weighted by Gasteiger charge is 2.03. The summed E-state index contributed by atoms with van der Waals surface area (Å²) in [5.74, 6) is -1.00. The Balaban J connectivity index is 0. The Morgan fingerprint density at radius 3 is 2.33 bits per heavy atom. The Bertz CT molecular complexity index is 371. The number of carbonyl (C=O) groups is 2. The quantitative estimate of drug-likeness (QED) is 0.302. The zero-order valence-electron chi connectivity index (χ0n) is 12.5. The van der Waals surface area contributed by atoms with Gasteiger partial charge in [-0.05, 0) is 26.2 Å². The molecule has 0 aliphatic rings. The first-order chi connectivity index (χ1) is 10.0. The third-order valence-electron chi connectivity index (χ3n) is 2.12. The van der Waals surface area contributed by atoms with E-state index in [9.17, 15) is 9.59 Å². The van der Waals surface area contributed by atoms with Crippen molar-refractivity contribution in [3.05, 3.63) is 24.8 Å². The van der Waals surface area contributed by atoms with Crippen molar-refractivity contribution in [1.29, 1.82) is 5.26 Å². The molecule has 0 fully saturated rings. The smallest absolute Gasteiger partial charge is 0.348 e. The average molecular weight is 297 g/mol. The minimum atomic E-state index is -0.639. The number of rotatable bonds is 9. The van der Waals surface area contributed by atoms with Crippen LogP contribution in [0.25, 0.3) is 0 Å². The molecule has 0 rings (SSSR count). The molecule has 0 heterocycles. The van der Waals surface area contributed by atoms with E-state index in [1.165, 1.54) is 0 Å². The summed E-state index contributed by atoms with van der Waals surface area (Å²) < 4.78 is 9.19. The minimum Gasteiger partial charge on any atom is -0.463 e. The van der Waals surface area contributed by atoms with Gasteiger partial charge in [0.15, 0.2) is 0 Å². The van der Waals surface area contributed by atoms with Gasteiger partial charge in [0.1, 0.15) is 11.6 Å². The van der Waals surface area contributed by atoms with E-state index in [1.54, 1.807) is 13.0 Å². The Kier molecular flexibility index (Phi) is 16.1. The van der Waals surface area contributed by atoms with Crippen molar-refractivity contribution >= 4 is 11.9 Å². The van der Waals surface area contributed by atoms with Crippen molar-refractivity contribution in [3.8, 4) is 6.07 Å². The summed E-state index contributed by atoms with van der Waals surface area (Å²) in [7, 11) is 0. The van der Waals surface area contributed by atoms with E-state index in [4.69, 9.17) is 15.1 Å². The Morgan fingerprint density at radius 2 is 1.86 bits per heavy atom. The number of nitrogens with zero attached hydrogens (tertiary/aromatic N) is 1. The average Bonchev–Trinajstić information content (AvgIpc) is 2.50. The Morgan fingerprint density at radius 1 is 1.24 bits per heavy atom. The van der Waals surface area contributed by atoms with Crippen LogP contribution in [0.5, 0.6) is 0 Å². The predicted octanol–water partition coefficient (Wildman–Crippen LogP) is 1.90. The first kappa shape index (κ1) is 21.2. The van der Waals surface area contributed by atoms with Gasteiger partial charge in [-0.1, -0.05) is 19.6 Å². The largest absolute Gasteiger partial charge is 0.463 e. The van der Waals surface area contributed by atoms with Gasteiger partial charge in [0.05, 0.1) is 13.2 Å². The molecule has 0 radical (unpaired) electrons. The highest BCUT2D eigenvalue weighted by Crippen LogP contribution is 1.99. The van der Waals surface area contributed by atoms with E-state index in [0.29, 0.717) is 6.61 Å². The second-order valence-corrected chi connectivity index (χ2v) is 3.82. The SMILES string of the molecule is C=C(C#N)C(=O)OCC.C=CC(=O)OCCCCCCO. The van der Waals surface area contributed by atoms with Crippen LogP contribution < -0.4 is 0 Å². The standard InChI is InChI=1S/C9H16O3.C6H7NO2/c1-2-9(11)12-8-6-4-3-5-7-10;1-3-9-6(8)5(2)4-7/h2,10H,1,3-8H2;2-3H2,1H3. The summed E-state index contributed by atoms with van der Waals surface area (Å²) in [5.41, 5.74) is -0.156. The molecule has 0 spiro atoms. The lowest BCUT2D eigenvalue weighted by Gasteiger charge is -2.00. The van der Waals surface area contributed by atoms with Crippen molar-refractivity contribution in [2.75, 3.05) is 19.8 Å². The van der Waals surface area contributed by atoms with Crippen molar-refractivity contribution in [3.63, 3.8) is 0 Å². The molecule has 0 aromatic carbocycles. The summed E-state index contributed by atoms with van der Waals surface area (Å²) in [6.45, 7) is 9.08. The molecule has 1 N–H and O–H groups in total. The van der Waals surface area contributed by atoms with Crippen LogP contribution in [0, 0.1) is 11.3 Å². The zero-order valence-corrected chi connectivity index (χ0v) is 12.5. The van der Waals surface area contributed by atoms with E-state index in [-0.39, 0.29) is 24.8 Å². The topological polar surface area (TPSA) is 96.6 Å². The number of carbonyl (C=O) groups excluding carboxylic acids is 2. The van der Waals surface area contributed by atoms with Gasteiger partial charge in [-0.15, -0.1) is 0 Å². The monoisotopic (exact) mass is 297 g/mol. The first-order valence-corrected chi connectivity index (χ1v) is 6.69. The molecule has 0 amide bonds. The van der Waals surface area contributed by atoms with E-state index in [2.05, 4.69) is 17.9 Å². The third-order valence-corrected chi connectivity index (χ3v) is 2.12. The number of hydrogen-bond acceptors (Lipinski definition) is 6. The highest BCUT2D eigenvalue weighted by molar-refractivity contribution is 5.91. The van der Waals surface area contributed by atoms with Crippen molar-refractivity contribution in [2.45, 2.75) is 32.6 Å². The maximum absolute atomic E-state index is 10.5. The Hall–Kier alpha value is -2.13. The van der Waals surface area contributed by atoms with Gasteiger partial charge in [-0.25, -0.2) is 9.59 Å². The lowest BCUT2D eigenvalue weighted by molar-refractivity contribution is -0.138. The fourth-order valence-corrected chi connectivity index (χ4v) is 1.06. The molecule has 21 heavy (non-hydrogen) atoms. The molecule has 0 aliphatic carbocycles. The molecular weight excluding hydrogens is 274 g/mol. The van der Waals surface area contributed by atoms with Gasteiger partial charge in [0.2, 0.25) is 0 Å². The van der Waals surface area contributed by atoms with Crippen molar-refractivity contribution in [2.24, 2.45) is 0 Å². The molecule has 6 heteroatoms. The normalized spacial score (nSPS) is 8.62. The number of hydrogen-bond donors (Lipinski definition) is 1. The second-order valence-electron chi connectivity index (χ2n) is 3.82. The summed E-state index contributed by atoms with van der Waals surface area (Å²) in [6, 6.07) is 1.58. The number of esters is 2. The molecule has 0 bridgehead atoms. The van der Waals surface area contributed by atoms with Gasteiger partial charge >= 0.3 is 11.9 Å². The molecule has 0 saturated heterocycles. The number of aliphatic hydroxyl groups is 1. The molecule has 0 atom stereocenters. The van der Waals surface area contributed by atoms with Gasteiger partial charge in [-0.3, -0.25) is 0 Å². The van der Waals surface area contributed by atoms with Crippen LogP contribution in [0.2, 0.25) is 0 Å². The van der Waals surface area contributed by atoms with Gasteiger partial charge < -0.3 is 14.6 Å². The van der Waals surface area contributed by atoms with Gasteiger partial charge in [-0.2, -0.15) is 5.26 Å². The fourth-order valence-electron chi connectivity index (χ4n) is 1.06.